The van der Waals surface area contributed by atoms with E-state index >= 15 is 0 Å². The highest BCUT2D eigenvalue weighted by Gasteiger charge is 2.02. The molecule has 0 saturated carbocycles. The van der Waals surface area contributed by atoms with Gasteiger partial charge in [-0.15, -0.1) is 0 Å². The highest BCUT2D eigenvalue weighted by molar-refractivity contribution is 5.45. The van der Waals surface area contributed by atoms with Gasteiger partial charge in [-0.05, 0) is 51.2 Å². The Morgan fingerprint density at radius 3 is 2.48 bits per heavy atom. The number of nitrogens with zero attached hydrogens (tertiary/aromatic N) is 3. The largest absolute Gasteiger partial charge is 0.358 e. The zero-order valence-electron chi connectivity index (χ0n) is 13.8. The van der Waals surface area contributed by atoms with Crippen LogP contribution in [0, 0.1) is 0 Å². The van der Waals surface area contributed by atoms with E-state index in [1.54, 1.807) is 0 Å². The van der Waals surface area contributed by atoms with Gasteiger partial charge in [0.05, 0.1) is 11.4 Å². The molecule has 0 unspecified atom stereocenters. The lowest BCUT2D eigenvalue weighted by Crippen LogP contribution is -2.24. The molecule has 0 aliphatic carbocycles. The number of piperidine rings is 1. The molecule has 1 aliphatic heterocycles. The molecule has 1 fully saturated rings. The van der Waals surface area contributed by atoms with Crippen molar-refractivity contribution in [3.05, 3.63) is 48.3 Å². The number of carbonyl (C=O) groups excluding carboxylic acids is 1. The number of carbonyl (C=O) groups is 1. The summed E-state index contributed by atoms with van der Waals surface area (Å²) >= 11 is 0. The first-order valence-corrected chi connectivity index (χ1v) is 8.25. The van der Waals surface area contributed by atoms with Crippen molar-refractivity contribution in [2.75, 3.05) is 26.7 Å². The van der Waals surface area contributed by atoms with E-state index < -0.39 is 0 Å². The van der Waals surface area contributed by atoms with Gasteiger partial charge in [0.25, 0.3) is 0 Å². The van der Waals surface area contributed by atoms with E-state index in [9.17, 15) is 4.79 Å². The maximum atomic E-state index is 10.1. The number of likely N-dealkylation sites (tertiary alicyclic amines) is 1. The van der Waals surface area contributed by atoms with E-state index in [1.165, 1.54) is 32.4 Å². The molecule has 2 aromatic rings. The van der Waals surface area contributed by atoms with Gasteiger partial charge in [-0.2, -0.15) is 5.10 Å². The second-order valence-corrected chi connectivity index (χ2v) is 5.77. The third kappa shape index (κ3) is 6.24. The Hall–Kier alpha value is -2.14. The molecule has 1 N–H and O–H groups in total. The van der Waals surface area contributed by atoms with Crippen molar-refractivity contribution in [3.8, 4) is 5.69 Å². The van der Waals surface area contributed by atoms with E-state index in [0.29, 0.717) is 13.0 Å². The average Bonchev–Trinajstić information content (AvgIpc) is 3.06. The molecule has 0 bridgehead atoms. The molecule has 1 aliphatic rings. The summed E-state index contributed by atoms with van der Waals surface area (Å²) in [6, 6.07) is 11.9. The molecule has 1 aromatic carbocycles. The SMILES string of the molecule is CN1CCCCC1.O=CNCCc1ccn(-c2ccccc2)n1. The van der Waals surface area contributed by atoms with Gasteiger partial charge in [0.15, 0.2) is 0 Å². The first-order valence-electron chi connectivity index (χ1n) is 8.25. The number of para-hydroxylation sites is 1. The molecule has 1 aromatic heterocycles. The predicted octanol–water partition coefficient (Wildman–Crippen LogP) is 2.26. The number of amides is 1. The Morgan fingerprint density at radius 2 is 1.87 bits per heavy atom. The lowest BCUT2D eigenvalue weighted by atomic mass is 10.1. The maximum absolute atomic E-state index is 10.1. The number of rotatable bonds is 5. The quantitative estimate of drug-likeness (QED) is 0.680. The molecular weight excluding hydrogens is 288 g/mol. The number of hydrogen-bond donors (Lipinski definition) is 1. The molecule has 5 heteroatoms. The fourth-order valence-corrected chi connectivity index (χ4v) is 2.53. The van der Waals surface area contributed by atoms with Gasteiger partial charge >= 0.3 is 0 Å². The van der Waals surface area contributed by atoms with Crippen LogP contribution in [0.4, 0.5) is 0 Å². The fourth-order valence-electron chi connectivity index (χ4n) is 2.53. The molecule has 0 radical (unpaired) electrons. The number of nitrogens with one attached hydrogen (secondary N) is 1. The molecule has 2 heterocycles. The fraction of sp³-hybridized carbons (Fsp3) is 0.444. The third-order valence-corrected chi connectivity index (χ3v) is 3.85. The lowest BCUT2D eigenvalue weighted by molar-refractivity contribution is -0.109. The molecule has 0 spiro atoms. The molecular formula is C18H26N4O. The molecule has 124 valence electrons. The smallest absolute Gasteiger partial charge is 0.207 e. The summed E-state index contributed by atoms with van der Waals surface area (Å²) in [4.78, 5) is 12.5. The summed E-state index contributed by atoms with van der Waals surface area (Å²) in [6.07, 6.45) is 7.65. The van der Waals surface area contributed by atoms with Gasteiger partial charge in [0, 0.05) is 19.2 Å². The van der Waals surface area contributed by atoms with E-state index in [0.717, 1.165) is 17.8 Å². The van der Waals surface area contributed by atoms with E-state index in [2.05, 4.69) is 22.4 Å². The molecule has 5 nitrogen and oxygen atoms in total. The Morgan fingerprint density at radius 1 is 1.13 bits per heavy atom. The molecule has 23 heavy (non-hydrogen) atoms. The van der Waals surface area contributed by atoms with Crippen LogP contribution in [-0.2, 0) is 11.2 Å². The number of hydrogen-bond acceptors (Lipinski definition) is 3. The number of aromatic nitrogens is 2. The van der Waals surface area contributed by atoms with Crippen LogP contribution >= 0.6 is 0 Å². The van der Waals surface area contributed by atoms with Gasteiger partial charge in [-0.25, -0.2) is 4.68 Å². The van der Waals surface area contributed by atoms with E-state index in [1.807, 2.05) is 47.3 Å². The molecule has 3 rings (SSSR count). The Balaban J connectivity index is 0.000000229. The standard InChI is InChI=1S/C12H13N3O.C6H13N/c16-10-13-8-6-11-7-9-15(14-11)12-4-2-1-3-5-12;1-7-5-3-2-4-6-7/h1-5,7,9-10H,6,8H2,(H,13,16);2-6H2,1H3. The first kappa shape index (κ1) is 17.2. The van der Waals surface area contributed by atoms with Crippen LogP contribution in [0.15, 0.2) is 42.6 Å². The average molecular weight is 314 g/mol. The lowest BCUT2D eigenvalue weighted by Gasteiger charge is -2.20. The molecule has 1 amide bonds. The summed E-state index contributed by atoms with van der Waals surface area (Å²) < 4.78 is 1.83. The summed E-state index contributed by atoms with van der Waals surface area (Å²) in [5.74, 6) is 0. The second-order valence-electron chi connectivity index (χ2n) is 5.77. The van der Waals surface area contributed by atoms with Gasteiger partial charge < -0.3 is 10.2 Å². The Kier molecular flexibility index (Phi) is 7.33. The van der Waals surface area contributed by atoms with Crippen LogP contribution in [0.3, 0.4) is 0 Å². The van der Waals surface area contributed by atoms with E-state index in [4.69, 9.17) is 0 Å². The Bertz CT molecular complexity index is 561. The van der Waals surface area contributed by atoms with Crippen molar-refractivity contribution < 1.29 is 4.79 Å². The topological polar surface area (TPSA) is 50.2 Å². The minimum absolute atomic E-state index is 0.620. The van der Waals surface area contributed by atoms with Crippen molar-refractivity contribution in [1.29, 1.82) is 0 Å². The van der Waals surface area contributed by atoms with Gasteiger partial charge in [-0.1, -0.05) is 24.6 Å². The van der Waals surface area contributed by atoms with Crippen LogP contribution in [0.25, 0.3) is 5.69 Å². The van der Waals surface area contributed by atoms with Crippen LogP contribution in [0.5, 0.6) is 0 Å². The van der Waals surface area contributed by atoms with Crippen molar-refractivity contribution in [2.24, 2.45) is 0 Å². The third-order valence-electron chi connectivity index (χ3n) is 3.85. The number of benzene rings is 1. The predicted molar refractivity (Wildman–Crippen MR) is 92.7 cm³/mol. The van der Waals surface area contributed by atoms with Gasteiger partial charge in [0.2, 0.25) is 6.41 Å². The maximum Gasteiger partial charge on any atom is 0.207 e. The van der Waals surface area contributed by atoms with Crippen LogP contribution in [0.2, 0.25) is 0 Å². The van der Waals surface area contributed by atoms with Crippen molar-refractivity contribution in [1.82, 2.24) is 20.0 Å². The van der Waals surface area contributed by atoms with Gasteiger partial charge in [-0.3, -0.25) is 4.79 Å². The molecule has 0 atom stereocenters. The summed E-state index contributed by atoms with van der Waals surface area (Å²) in [7, 11) is 2.19. The first-order chi connectivity index (χ1) is 11.3. The highest BCUT2D eigenvalue weighted by atomic mass is 16.1. The summed E-state index contributed by atoms with van der Waals surface area (Å²) in [6.45, 7) is 3.26. The minimum atomic E-state index is 0.620. The highest BCUT2D eigenvalue weighted by Crippen LogP contribution is 2.07. The van der Waals surface area contributed by atoms with Crippen LogP contribution in [0.1, 0.15) is 25.0 Å². The van der Waals surface area contributed by atoms with Crippen LogP contribution < -0.4 is 5.32 Å². The van der Waals surface area contributed by atoms with Crippen LogP contribution in [-0.4, -0.2) is 47.8 Å². The normalized spacial score (nSPS) is 14.7. The van der Waals surface area contributed by atoms with E-state index in [-0.39, 0.29) is 0 Å². The van der Waals surface area contributed by atoms with Gasteiger partial charge in [0.1, 0.15) is 0 Å². The monoisotopic (exact) mass is 314 g/mol. The Labute approximate surface area is 138 Å². The minimum Gasteiger partial charge on any atom is -0.358 e. The summed E-state index contributed by atoms with van der Waals surface area (Å²) in [5, 5.41) is 7.03. The second kappa shape index (κ2) is 9.79. The van der Waals surface area contributed by atoms with Crippen molar-refractivity contribution in [2.45, 2.75) is 25.7 Å². The zero-order chi connectivity index (χ0) is 16.3. The molecule has 1 saturated heterocycles. The van der Waals surface area contributed by atoms with Crippen molar-refractivity contribution in [3.63, 3.8) is 0 Å². The van der Waals surface area contributed by atoms with Crippen molar-refractivity contribution >= 4 is 6.41 Å². The zero-order valence-corrected chi connectivity index (χ0v) is 13.8. The summed E-state index contributed by atoms with van der Waals surface area (Å²) in [5.41, 5.74) is 2.01.